The van der Waals surface area contributed by atoms with Crippen LogP contribution < -0.4 is 16.3 Å². The third-order valence-electron chi connectivity index (χ3n) is 5.50. The van der Waals surface area contributed by atoms with Crippen LogP contribution in [0.2, 0.25) is 0 Å². The van der Waals surface area contributed by atoms with E-state index in [9.17, 15) is 33.1 Å². The minimum atomic E-state index is -4.00. The number of aromatic nitrogens is 2. The van der Waals surface area contributed by atoms with Crippen molar-refractivity contribution in [2.45, 2.75) is 57.0 Å². The number of benzene rings is 1. The molecule has 3 atom stereocenters. The summed E-state index contributed by atoms with van der Waals surface area (Å²) in [5.41, 5.74) is -0.524. The van der Waals surface area contributed by atoms with Crippen LogP contribution in [0.15, 0.2) is 47.4 Å². The van der Waals surface area contributed by atoms with E-state index < -0.39 is 54.5 Å². The lowest BCUT2D eigenvalue weighted by Gasteiger charge is -2.23. The van der Waals surface area contributed by atoms with Crippen molar-refractivity contribution in [3.05, 3.63) is 53.1 Å². The largest absolute Gasteiger partial charge is 0.463 e. The van der Waals surface area contributed by atoms with Crippen molar-refractivity contribution in [2.75, 3.05) is 23.8 Å². The smallest absolute Gasteiger partial charge is 0.412 e. The second kappa shape index (κ2) is 13.1. The van der Waals surface area contributed by atoms with Crippen LogP contribution in [0.5, 0.6) is 0 Å². The van der Waals surface area contributed by atoms with E-state index >= 15 is 0 Å². The molecule has 0 bridgehead atoms. The molecule has 14 heteroatoms. The first-order valence-electron chi connectivity index (χ1n) is 11.9. The maximum absolute atomic E-state index is 14.9. The summed E-state index contributed by atoms with van der Waals surface area (Å²) < 4.78 is 45.1. The van der Waals surface area contributed by atoms with Gasteiger partial charge >= 0.3 is 23.7 Å². The monoisotopic (exact) mass is 538 g/mol. The van der Waals surface area contributed by atoms with E-state index in [2.05, 4.69) is 15.6 Å². The average Bonchev–Trinajstić information content (AvgIpc) is 3.09. The zero-order valence-corrected chi connectivity index (χ0v) is 20.5. The quantitative estimate of drug-likeness (QED) is 0.289. The van der Waals surface area contributed by atoms with E-state index in [1.807, 2.05) is 6.07 Å². The molecule has 1 aliphatic heterocycles. The molecule has 12 nitrogen and oxygen atoms in total. The summed E-state index contributed by atoms with van der Waals surface area (Å²) in [6, 6.07) is 9.94. The predicted octanol–water partition coefficient (Wildman–Crippen LogP) is 2.45. The van der Waals surface area contributed by atoms with E-state index in [1.54, 1.807) is 24.3 Å². The number of nitrogens with one attached hydrogen (secondary N) is 2. The molecule has 38 heavy (non-hydrogen) atoms. The Hall–Kier alpha value is -3.91. The first-order chi connectivity index (χ1) is 18.1. The van der Waals surface area contributed by atoms with E-state index in [-0.39, 0.29) is 25.4 Å². The molecule has 0 saturated carbocycles. The number of hydrogen-bond donors (Lipinski definition) is 3. The molecule has 0 spiro atoms. The van der Waals surface area contributed by atoms with Crippen LogP contribution in [0.3, 0.4) is 0 Å². The Kier molecular flexibility index (Phi) is 9.85. The summed E-state index contributed by atoms with van der Waals surface area (Å²) >= 11 is 0. The Morgan fingerprint density at radius 3 is 2.53 bits per heavy atom. The summed E-state index contributed by atoms with van der Waals surface area (Å²) in [7, 11) is 0. The number of ether oxygens (including phenoxy) is 3. The van der Waals surface area contributed by atoms with Crippen molar-refractivity contribution in [1.82, 2.24) is 9.55 Å². The Bertz CT molecular complexity index is 1180. The standard InChI is InChI=1S/C24H28F2N4O8/c1-2-36-23(35)29-17-12-13-27-22(34)30(17)21-24(25,26)20(33)16(38-21)14-37-19(32)11-7-6-10-18(31)28-15-8-4-3-5-9-15/h3-5,8-9,12-13,16,20-21,33H,2,6-7,10-11,14H2,1H3,(H,28,31)(H,29,35)/t16-,20-,21-/m1/s1. The Balaban J connectivity index is 1.51. The van der Waals surface area contributed by atoms with Gasteiger partial charge in [-0.05, 0) is 38.0 Å². The predicted molar refractivity (Wildman–Crippen MR) is 129 cm³/mol. The number of alkyl halides is 2. The van der Waals surface area contributed by atoms with Crippen LogP contribution in [0.1, 0.15) is 38.8 Å². The fraction of sp³-hybridized carbons (Fsp3) is 0.458. The molecule has 1 fully saturated rings. The van der Waals surface area contributed by atoms with Gasteiger partial charge < -0.3 is 24.6 Å². The highest BCUT2D eigenvalue weighted by Gasteiger charge is 2.60. The van der Waals surface area contributed by atoms with Crippen molar-refractivity contribution in [3.63, 3.8) is 0 Å². The molecule has 0 unspecified atom stereocenters. The van der Waals surface area contributed by atoms with E-state index in [1.165, 1.54) is 6.92 Å². The highest BCUT2D eigenvalue weighted by molar-refractivity contribution is 5.90. The topological polar surface area (TPSA) is 158 Å². The van der Waals surface area contributed by atoms with Crippen LogP contribution in [-0.4, -0.2) is 64.0 Å². The molecule has 1 aliphatic rings. The zero-order valence-electron chi connectivity index (χ0n) is 20.5. The molecule has 1 aromatic heterocycles. The second-order valence-corrected chi connectivity index (χ2v) is 8.28. The summed E-state index contributed by atoms with van der Waals surface area (Å²) in [6.07, 6.45) is -5.67. The van der Waals surface area contributed by atoms with Crippen LogP contribution in [0, 0.1) is 0 Å². The van der Waals surface area contributed by atoms with Gasteiger partial charge in [-0.2, -0.15) is 8.78 Å². The lowest BCUT2D eigenvalue weighted by Crippen LogP contribution is -2.42. The minimum Gasteiger partial charge on any atom is -0.463 e. The fourth-order valence-electron chi connectivity index (χ4n) is 3.65. The van der Waals surface area contributed by atoms with Gasteiger partial charge in [-0.1, -0.05) is 18.2 Å². The van der Waals surface area contributed by atoms with Crippen molar-refractivity contribution < 1.29 is 42.5 Å². The number of amides is 2. The summed E-state index contributed by atoms with van der Waals surface area (Å²) in [6.45, 7) is 0.805. The number of carbonyl (C=O) groups excluding carboxylic acids is 3. The molecule has 1 aromatic carbocycles. The highest BCUT2D eigenvalue weighted by atomic mass is 19.3. The van der Waals surface area contributed by atoms with Gasteiger partial charge in [-0.3, -0.25) is 14.9 Å². The average molecular weight is 539 g/mol. The second-order valence-electron chi connectivity index (χ2n) is 8.28. The van der Waals surface area contributed by atoms with Crippen molar-refractivity contribution in [2.24, 2.45) is 0 Å². The van der Waals surface area contributed by atoms with Gasteiger partial charge in [-0.25, -0.2) is 19.1 Å². The summed E-state index contributed by atoms with van der Waals surface area (Å²) in [5.74, 6) is -5.35. The lowest BCUT2D eigenvalue weighted by atomic mass is 10.1. The van der Waals surface area contributed by atoms with Gasteiger partial charge in [0.1, 0.15) is 18.5 Å². The molecule has 0 radical (unpaired) electrons. The normalized spacial score (nSPS) is 19.9. The number of hydrogen-bond acceptors (Lipinski definition) is 9. The number of esters is 1. The third kappa shape index (κ3) is 7.32. The molecule has 206 valence electrons. The van der Waals surface area contributed by atoms with Crippen LogP contribution in [0.25, 0.3) is 0 Å². The van der Waals surface area contributed by atoms with Crippen LogP contribution in [-0.2, 0) is 23.8 Å². The molecular weight excluding hydrogens is 510 g/mol. The van der Waals surface area contributed by atoms with Gasteiger partial charge in [-0.15, -0.1) is 0 Å². The number of carbonyl (C=O) groups is 3. The minimum absolute atomic E-state index is 0.00965. The van der Waals surface area contributed by atoms with E-state index in [4.69, 9.17) is 14.2 Å². The lowest BCUT2D eigenvalue weighted by molar-refractivity contribution is -0.150. The SMILES string of the molecule is CCOC(=O)Nc1ccnc(=O)n1[C@@H]1O[C@H](COC(=O)CCCCC(=O)Nc2ccccc2)[C@@H](O)C1(F)F. The van der Waals surface area contributed by atoms with Crippen molar-refractivity contribution in [1.29, 1.82) is 0 Å². The molecular formula is C24H28F2N4O8. The number of aliphatic hydroxyl groups excluding tert-OH is 1. The first kappa shape index (κ1) is 28.7. The maximum atomic E-state index is 14.9. The van der Waals surface area contributed by atoms with E-state index in [0.717, 1.165) is 12.3 Å². The number of anilines is 2. The number of rotatable bonds is 11. The third-order valence-corrected chi connectivity index (χ3v) is 5.50. The number of halogens is 2. The number of unbranched alkanes of at least 4 members (excludes halogenated alkanes) is 1. The fourth-order valence-corrected chi connectivity index (χ4v) is 3.65. The zero-order chi connectivity index (χ0) is 27.7. The molecule has 2 heterocycles. The molecule has 2 amide bonds. The Labute approximate surface area is 215 Å². The van der Waals surface area contributed by atoms with Crippen LogP contribution >= 0.6 is 0 Å². The van der Waals surface area contributed by atoms with Crippen molar-refractivity contribution >= 4 is 29.5 Å². The molecule has 3 rings (SSSR count). The summed E-state index contributed by atoms with van der Waals surface area (Å²) in [5, 5.41) is 15.0. The van der Waals surface area contributed by atoms with Gasteiger partial charge in [0.25, 0.3) is 0 Å². The number of para-hydroxylation sites is 1. The maximum Gasteiger partial charge on any atom is 0.412 e. The number of aliphatic hydroxyl groups is 1. The van der Waals surface area contributed by atoms with Gasteiger partial charge in [0, 0.05) is 24.7 Å². The first-order valence-corrected chi connectivity index (χ1v) is 11.9. The Morgan fingerprint density at radius 1 is 1.11 bits per heavy atom. The Morgan fingerprint density at radius 2 is 1.82 bits per heavy atom. The van der Waals surface area contributed by atoms with Crippen LogP contribution in [0.4, 0.5) is 25.1 Å². The van der Waals surface area contributed by atoms with Gasteiger partial charge in [0.15, 0.2) is 6.10 Å². The van der Waals surface area contributed by atoms with Crippen molar-refractivity contribution in [3.8, 4) is 0 Å². The molecule has 2 aromatic rings. The van der Waals surface area contributed by atoms with Gasteiger partial charge in [0.2, 0.25) is 12.1 Å². The molecule has 0 aliphatic carbocycles. The highest BCUT2D eigenvalue weighted by Crippen LogP contribution is 2.43. The molecule has 3 N–H and O–H groups in total. The van der Waals surface area contributed by atoms with Gasteiger partial charge in [0.05, 0.1) is 6.61 Å². The molecule has 1 saturated heterocycles. The summed E-state index contributed by atoms with van der Waals surface area (Å²) in [4.78, 5) is 51.5. The number of nitrogens with zero attached hydrogens (tertiary/aromatic N) is 2. The van der Waals surface area contributed by atoms with E-state index in [0.29, 0.717) is 23.1 Å².